The van der Waals surface area contributed by atoms with Gasteiger partial charge in [0.25, 0.3) is 5.22 Å². The zero-order valence-corrected chi connectivity index (χ0v) is 14.2. The van der Waals surface area contributed by atoms with Crippen LogP contribution in [0.2, 0.25) is 0 Å². The summed E-state index contributed by atoms with van der Waals surface area (Å²) in [5.74, 6) is 0.677. The fourth-order valence-electron chi connectivity index (χ4n) is 1.74. The van der Waals surface area contributed by atoms with Gasteiger partial charge in [-0.2, -0.15) is 0 Å². The Morgan fingerprint density at radius 3 is 2.62 bits per heavy atom. The molecule has 0 spiro atoms. The molecule has 0 aliphatic carbocycles. The van der Waals surface area contributed by atoms with Gasteiger partial charge in [0, 0.05) is 12.1 Å². The molecule has 0 unspecified atom stereocenters. The molecule has 1 aromatic heterocycles. The quantitative estimate of drug-likeness (QED) is 0.736. The molecule has 9 heteroatoms. The summed E-state index contributed by atoms with van der Waals surface area (Å²) in [6.07, 6.45) is 0. The predicted octanol–water partition coefficient (Wildman–Crippen LogP) is 2.07. The first-order valence-corrected chi connectivity index (χ1v) is 8.38. The molecule has 2 aromatic rings. The molecule has 0 saturated carbocycles. The van der Waals surface area contributed by atoms with Crippen molar-refractivity contribution in [2.24, 2.45) is 0 Å². The summed E-state index contributed by atoms with van der Waals surface area (Å²) in [5.41, 5.74) is 0.754. The molecule has 1 aromatic carbocycles. The maximum Gasteiger partial charge on any atom is 0.321 e. The monoisotopic (exact) mass is 350 g/mol. The Hall–Kier alpha value is -2.55. The fourth-order valence-corrected chi connectivity index (χ4v) is 2.30. The molecule has 2 rings (SSSR count). The molecule has 1 heterocycles. The highest BCUT2D eigenvalue weighted by molar-refractivity contribution is 7.99. The number of hydrogen-bond donors (Lipinski definition) is 2. The van der Waals surface area contributed by atoms with E-state index < -0.39 is 11.9 Å². The number of urea groups is 1. The number of rotatable bonds is 7. The summed E-state index contributed by atoms with van der Waals surface area (Å²) in [4.78, 5) is 22.8. The molecule has 0 aliphatic heterocycles. The van der Waals surface area contributed by atoms with Crippen molar-refractivity contribution in [3.63, 3.8) is 0 Å². The number of benzene rings is 1. The molecule has 0 atom stereocenters. The minimum absolute atomic E-state index is 0.00203. The fraction of sp³-hybridized carbons (Fsp3) is 0.333. The van der Waals surface area contributed by atoms with Crippen LogP contribution in [0.25, 0.3) is 11.5 Å². The lowest BCUT2D eigenvalue weighted by atomic mass is 10.2. The number of hydrogen-bond acceptors (Lipinski definition) is 7. The first-order valence-electron chi connectivity index (χ1n) is 7.39. The van der Waals surface area contributed by atoms with Gasteiger partial charge in [0.05, 0.1) is 12.4 Å². The zero-order valence-electron chi connectivity index (χ0n) is 13.4. The minimum Gasteiger partial charge on any atom is -0.494 e. The Balaban J connectivity index is 1.88. The van der Waals surface area contributed by atoms with E-state index in [0.29, 0.717) is 19.0 Å². The van der Waals surface area contributed by atoms with Crippen molar-refractivity contribution >= 4 is 23.7 Å². The van der Waals surface area contributed by atoms with E-state index in [0.717, 1.165) is 23.1 Å². The standard InChI is InChI=1S/C15H18N4O4S/c1-3-16-14(21)17-12(20)9-24-15-19-18-13(23-15)10-5-7-11(8-6-10)22-4-2/h5-8H,3-4,9H2,1-2H3,(H2,16,17,20,21). The van der Waals surface area contributed by atoms with Crippen molar-refractivity contribution in [3.8, 4) is 17.2 Å². The van der Waals surface area contributed by atoms with Crippen LogP contribution in [-0.2, 0) is 4.79 Å². The molecule has 0 radical (unpaired) electrons. The van der Waals surface area contributed by atoms with Crippen LogP contribution in [0.15, 0.2) is 33.9 Å². The SMILES string of the molecule is CCNC(=O)NC(=O)CSc1nnc(-c2ccc(OCC)cc2)o1. The first kappa shape index (κ1) is 17.8. The first-order chi connectivity index (χ1) is 11.6. The number of amides is 3. The van der Waals surface area contributed by atoms with Crippen molar-refractivity contribution in [3.05, 3.63) is 24.3 Å². The highest BCUT2D eigenvalue weighted by atomic mass is 32.2. The van der Waals surface area contributed by atoms with Crippen LogP contribution in [-0.4, -0.2) is 41.0 Å². The number of carbonyl (C=O) groups excluding carboxylic acids is 2. The van der Waals surface area contributed by atoms with Gasteiger partial charge >= 0.3 is 6.03 Å². The Labute approximate surface area is 143 Å². The number of ether oxygens (including phenoxy) is 1. The van der Waals surface area contributed by atoms with Gasteiger partial charge in [-0.05, 0) is 38.1 Å². The second-order valence-corrected chi connectivity index (χ2v) is 5.45. The second kappa shape index (κ2) is 8.92. The van der Waals surface area contributed by atoms with E-state index in [2.05, 4.69) is 20.8 Å². The van der Waals surface area contributed by atoms with Gasteiger partial charge in [0.2, 0.25) is 11.8 Å². The largest absolute Gasteiger partial charge is 0.494 e. The lowest BCUT2D eigenvalue weighted by Gasteiger charge is -2.03. The summed E-state index contributed by atoms with van der Waals surface area (Å²) in [6, 6.07) is 6.73. The predicted molar refractivity (Wildman–Crippen MR) is 88.8 cm³/mol. The van der Waals surface area contributed by atoms with Gasteiger partial charge in [-0.1, -0.05) is 11.8 Å². The van der Waals surface area contributed by atoms with Crippen LogP contribution in [0, 0.1) is 0 Å². The molecule has 24 heavy (non-hydrogen) atoms. The molecule has 0 aliphatic rings. The topological polar surface area (TPSA) is 106 Å². The molecule has 128 valence electrons. The average Bonchev–Trinajstić information content (AvgIpc) is 3.03. The normalized spacial score (nSPS) is 10.2. The highest BCUT2D eigenvalue weighted by Crippen LogP contribution is 2.24. The number of nitrogens with zero attached hydrogens (tertiary/aromatic N) is 2. The number of imide groups is 1. The second-order valence-electron chi connectivity index (χ2n) is 4.53. The molecular formula is C15H18N4O4S. The van der Waals surface area contributed by atoms with E-state index in [-0.39, 0.29) is 11.0 Å². The van der Waals surface area contributed by atoms with Crippen molar-refractivity contribution in [1.82, 2.24) is 20.8 Å². The lowest BCUT2D eigenvalue weighted by Crippen LogP contribution is -2.40. The number of thioether (sulfide) groups is 1. The van der Waals surface area contributed by atoms with E-state index >= 15 is 0 Å². The third-order valence-electron chi connectivity index (χ3n) is 2.74. The van der Waals surface area contributed by atoms with E-state index in [9.17, 15) is 9.59 Å². The van der Waals surface area contributed by atoms with Crippen LogP contribution >= 0.6 is 11.8 Å². The summed E-state index contributed by atoms with van der Waals surface area (Å²) in [6.45, 7) is 4.72. The molecule has 0 saturated heterocycles. The molecule has 2 N–H and O–H groups in total. The number of nitrogens with one attached hydrogen (secondary N) is 2. The van der Waals surface area contributed by atoms with Crippen LogP contribution in [0.4, 0.5) is 4.79 Å². The molecule has 0 fully saturated rings. The minimum atomic E-state index is -0.524. The smallest absolute Gasteiger partial charge is 0.321 e. The average molecular weight is 350 g/mol. The Kier molecular flexibility index (Phi) is 6.62. The summed E-state index contributed by atoms with van der Waals surface area (Å²) in [5, 5.41) is 12.7. The van der Waals surface area contributed by atoms with E-state index in [1.54, 1.807) is 6.92 Å². The molecule has 3 amide bonds. The van der Waals surface area contributed by atoms with Gasteiger partial charge in [-0.15, -0.1) is 10.2 Å². The highest BCUT2D eigenvalue weighted by Gasteiger charge is 2.12. The zero-order chi connectivity index (χ0) is 17.4. The van der Waals surface area contributed by atoms with E-state index in [4.69, 9.17) is 9.15 Å². The molecule has 0 bridgehead atoms. The number of carbonyl (C=O) groups is 2. The Bertz CT molecular complexity index is 687. The van der Waals surface area contributed by atoms with Gasteiger partial charge in [0.1, 0.15) is 5.75 Å². The van der Waals surface area contributed by atoms with Crippen LogP contribution in [0.5, 0.6) is 5.75 Å². The van der Waals surface area contributed by atoms with E-state index in [1.807, 2.05) is 31.2 Å². The Morgan fingerprint density at radius 1 is 1.21 bits per heavy atom. The van der Waals surface area contributed by atoms with Crippen molar-refractivity contribution in [2.75, 3.05) is 18.9 Å². The van der Waals surface area contributed by atoms with Gasteiger partial charge in [-0.3, -0.25) is 10.1 Å². The summed E-state index contributed by atoms with van der Waals surface area (Å²) in [7, 11) is 0. The van der Waals surface area contributed by atoms with Crippen LogP contribution < -0.4 is 15.4 Å². The van der Waals surface area contributed by atoms with Crippen LogP contribution in [0.3, 0.4) is 0 Å². The number of aromatic nitrogens is 2. The maximum absolute atomic E-state index is 11.6. The molecular weight excluding hydrogens is 332 g/mol. The molecule has 8 nitrogen and oxygen atoms in total. The van der Waals surface area contributed by atoms with Crippen molar-refractivity contribution < 1.29 is 18.7 Å². The van der Waals surface area contributed by atoms with Crippen molar-refractivity contribution in [1.29, 1.82) is 0 Å². The van der Waals surface area contributed by atoms with E-state index in [1.165, 1.54) is 0 Å². The van der Waals surface area contributed by atoms with Crippen molar-refractivity contribution in [2.45, 2.75) is 19.1 Å². The lowest BCUT2D eigenvalue weighted by molar-refractivity contribution is -0.117. The third kappa shape index (κ3) is 5.27. The summed E-state index contributed by atoms with van der Waals surface area (Å²) < 4.78 is 10.9. The van der Waals surface area contributed by atoms with Gasteiger partial charge in [-0.25, -0.2) is 4.79 Å². The van der Waals surface area contributed by atoms with Crippen LogP contribution in [0.1, 0.15) is 13.8 Å². The van der Waals surface area contributed by atoms with Gasteiger partial charge < -0.3 is 14.5 Å². The Morgan fingerprint density at radius 2 is 1.96 bits per heavy atom. The van der Waals surface area contributed by atoms with Gasteiger partial charge in [0.15, 0.2) is 0 Å². The summed E-state index contributed by atoms with van der Waals surface area (Å²) >= 11 is 1.06. The third-order valence-corrected chi connectivity index (χ3v) is 3.55. The maximum atomic E-state index is 11.6.